The third-order valence-corrected chi connectivity index (χ3v) is 4.73. The third-order valence-electron chi connectivity index (χ3n) is 2.64. The number of anilines is 1. The second-order valence-corrected chi connectivity index (χ2v) is 6.64. The minimum atomic E-state index is -4.10. The molecule has 10 heteroatoms. The fourth-order valence-corrected chi connectivity index (χ4v) is 3.92. The number of thiophene rings is 1. The Balaban J connectivity index is 1.85. The number of hydrogen-bond donors (Lipinski definition) is 2. The number of hydrogen-bond acceptors (Lipinski definition) is 7. The molecule has 0 bridgehead atoms. The van der Waals surface area contributed by atoms with Gasteiger partial charge >= 0.3 is 6.09 Å². The van der Waals surface area contributed by atoms with Gasteiger partial charge in [0.2, 0.25) is 21.9 Å². The van der Waals surface area contributed by atoms with Crippen LogP contribution >= 0.6 is 11.3 Å². The van der Waals surface area contributed by atoms with E-state index in [1.54, 1.807) is 30.3 Å². The number of nitrogens with two attached hydrogens (primary N) is 1. The summed E-state index contributed by atoms with van der Waals surface area (Å²) in [6.45, 7) is -0.0988. The van der Waals surface area contributed by atoms with Gasteiger partial charge in [0.1, 0.15) is 10.8 Å². The molecular weight excluding hydrogens is 332 g/mol. The van der Waals surface area contributed by atoms with Gasteiger partial charge in [-0.2, -0.15) is 0 Å². The van der Waals surface area contributed by atoms with Crippen molar-refractivity contribution in [2.75, 3.05) is 12.1 Å². The lowest BCUT2D eigenvalue weighted by molar-refractivity contribution is 0.173. The molecule has 3 rings (SSSR count). The Morgan fingerprint density at radius 1 is 1.27 bits per heavy atom. The Kier molecular flexibility index (Phi) is 3.64. The summed E-state index contributed by atoms with van der Waals surface area (Å²) < 4.78 is 38.5. The molecule has 1 aliphatic heterocycles. The van der Waals surface area contributed by atoms with Crippen molar-refractivity contribution in [3.63, 3.8) is 0 Å². The van der Waals surface area contributed by atoms with Crippen molar-refractivity contribution in [3.05, 3.63) is 30.3 Å². The smallest absolute Gasteiger partial charge is 0.417 e. The van der Waals surface area contributed by atoms with Gasteiger partial charge in [-0.3, -0.25) is 5.32 Å². The van der Waals surface area contributed by atoms with E-state index in [4.69, 9.17) is 19.3 Å². The molecule has 0 fully saturated rings. The first-order valence-electron chi connectivity index (χ1n) is 5.94. The number of carbonyl (C=O) groups excluding carboxylic acids is 1. The van der Waals surface area contributed by atoms with Gasteiger partial charge in [0.05, 0.1) is 0 Å². The molecule has 2 heterocycles. The Bertz CT molecular complexity index is 816. The predicted molar refractivity (Wildman–Crippen MR) is 77.9 cm³/mol. The summed E-state index contributed by atoms with van der Waals surface area (Å²) in [4.78, 5) is 11.5. The van der Waals surface area contributed by atoms with Crippen molar-refractivity contribution in [2.24, 2.45) is 5.14 Å². The molecule has 1 amide bonds. The molecule has 0 atom stereocenters. The number of carbonyl (C=O) groups is 1. The molecule has 0 spiro atoms. The van der Waals surface area contributed by atoms with Crippen LogP contribution in [-0.2, 0) is 10.0 Å². The van der Waals surface area contributed by atoms with Crippen LogP contribution in [0.1, 0.15) is 0 Å². The molecule has 116 valence electrons. The van der Waals surface area contributed by atoms with Gasteiger partial charge in [0, 0.05) is 0 Å². The van der Waals surface area contributed by atoms with E-state index in [1.807, 2.05) is 0 Å². The number of primary sulfonamides is 1. The van der Waals surface area contributed by atoms with Gasteiger partial charge in [-0.05, 0) is 12.1 Å². The molecule has 0 saturated heterocycles. The van der Waals surface area contributed by atoms with Crippen molar-refractivity contribution < 1.29 is 27.4 Å². The van der Waals surface area contributed by atoms with Crippen LogP contribution in [0.3, 0.4) is 0 Å². The predicted octanol–water partition coefficient (Wildman–Crippen LogP) is 1.74. The zero-order valence-electron chi connectivity index (χ0n) is 10.9. The Hall–Kier alpha value is -2.30. The van der Waals surface area contributed by atoms with Crippen molar-refractivity contribution >= 4 is 32.5 Å². The summed E-state index contributed by atoms with van der Waals surface area (Å²) in [6.07, 6.45) is -0.851. The number of sulfonamides is 1. The van der Waals surface area contributed by atoms with E-state index in [0.717, 1.165) is 11.3 Å². The van der Waals surface area contributed by atoms with Gasteiger partial charge in [-0.15, -0.1) is 0 Å². The van der Waals surface area contributed by atoms with E-state index in [1.165, 1.54) is 0 Å². The van der Waals surface area contributed by atoms with Gasteiger partial charge in [-0.1, -0.05) is 29.5 Å². The van der Waals surface area contributed by atoms with Crippen LogP contribution in [0.5, 0.6) is 16.6 Å². The molecule has 8 nitrogen and oxygen atoms in total. The number of ether oxygens (including phenoxy) is 3. The molecule has 2 aromatic rings. The molecule has 0 aliphatic carbocycles. The van der Waals surface area contributed by atoms with Crippen molar-refractivity contribution in [1.82, 2.24) is 0 Å². The maximum Gasteiger partial charge on any atom is 0.417 e. The van der Waals surface area contributed by atoms with Gasteiger partial charge in [-0.25, -0.2) is 18.4 Å². The Morgan fingerprint density at radius 2 is 2.00 bits per heavy atom. The average molecular weight is 342 g/mol. The zero-order valence-corrected chi connectivity index (χ0v) is 12.6. The van der Waals surface area contributed by atoms with Crippen molar-refractivity contribution in [3.8, 4) is 16.6 Å². The van der Waals surface area contributed by atoms with Crippen molar-refractivity contribution in [1.29, 1.82) is 0 Å². The second kappa shape index (κ2) is 5.48. The molecule has 1 aromatic heterocycles. The maximum atomic E-state index is 11.8. The molecule has 0 radical (unpaired) electrons. The quantitative estimate of drug-likeness (QED) is 0.877. The number of para-hydroxylation sites is 1. The molecule has 0 unspecified atom stereocenters. The number of fused-ring (bicyclic) bond motifs is 1. The van der Waals surface area contributed by atoms with E-state index in [0.29, 0.717) is 5.75 Å². The second-order valence-electron chi connectivity index (χ2n) is 4.16. The van der Waals surface area contributed by atoms with E-state index < -0.39 is 16.1 Å². The number of amides is 1. The summed E-state index contributed by atoms with van der Waals surface area (Å²) in [5, 5.41) is 7.70. The molecule has 22 heavy (non-hydrogen) atoms. The lowest BCUT2D eigenvalue weighted by atomic mass is 10.3. The van der Waals surface area contributed by atoms with Crippen LogP contribution in [0.4, 0.5) is 9.80 Å². The van der Waals surface area contributed by atoms with Crippen LogP contribution in [0.25, 0.3) is 0 Å². The molecule has 3 N–H and O–H groups in total. The topological polar surface area (TPSA) is 117 Å². The summed E-state index contributed by atoms with van der Waals surface area (Å²) in [7, 11) is -4.10. The first-order valence-corrected chi connectivity index (χ1v) is 8.30. The fourth-order valence-electron chi connectivity index (χ4n) is 1.80. The lowest BCUT2D eigenvalue weighted by Crippen LogP contribution is -2.20. The van der Waals surface area contributed by atoms with Gasteiger partial charge in [0.15, 0.2) is 10.6 Å². The van der Waals surface area contributed by atoms with E-state index in [-0.39, 0.29) is 27.5 Å². The highest BCUT2D eigenvalue weighted by Crippen LogP contribution is 2.50. The lowest BCUT2D eigenvalue weighted by Gasteiger charge is -2.07. The minimum absolute atomic E-state index is 0.00233. The minimum Gasteiger partial charge on any atom is -0.451 e. The molecular formula is C12H10N2O6S2. The largest absolute Gasteiger partial charge is 0.451 e. The maximum absolute atomic E-state index is 11.8. The Labute approximate surface area is 129 Å². The highest BCUT2D eigenvalue weighted by Gasteiger charge is 2.33. The molecule has 0 saturated carbocycles. The van der Waals surface area contributed by atoms with Crippen LogP contribution < -0.4 is 24.7 Å². The SMILES string of the molecule is NS(=O)(=O)c1c(NC(=O)Oc2ccccc2)sc2c1OCO2. The summed E-state index contributed by atoms with van der Waals surface area (Å²) in [5.41, 5.74) is 0. The number of benzene rings is 1. The first kappa shape index (κ1) is 14.6. The van der Waals surface area contributed by atoms with Crippen LogP contribution in [-0.4, -0.2) is 21.3 Å². The van der Waals surface area contributed by atoms with E-state index in [9.17, 15) is 13.2 Å². The fraction of sp³-hybridized carbons (Fsp3) is 0.0833. The molecule has 1 aromatic carbocycles. The monoisotopic (exact) mass is 342 g/mol. The molecule has 1 aliphatic rings. The average Bonchev–Trinajstić information content (AvgIpc) is 2.98. The normalized spacial score (nSPS) is 13.0. The van der Waals surface area contributed by atoms with Crippen LogP contribution in [0.2, 0.25) is 0 Å². The van der Waals surface area contributed by atoms with Crippen LogP contribution in [0.15, 0.2) is 35.2 Å². The highest BCUT2D eigenvalue weighted by atomic mass is 32.2. The van der Waals surface area contributed by atoms with Gasteiger partial charge in [0.25, 0.3) is 0 Å². The number of nitrogens with one attached hydrogen (secondary N) is 1. The highest BCUT2D eigenvalue weighted by molar-refractivity contribution is 7.89. The first-order chi connectivity index (χ1) is 10.4. The van der Waals surface area contributed by atoms with E-state index >= 15 is 0 Å². The van der Waals surface area contributed by atoms with Gasteiger partial charge < -0.3 is 14.2 Å². The zero-order chi connectivity index (χ0) is 15.7. The van der Waals surface area contributed by atoms with E-state index in [2.05, 4.69) is 5.32 Å². The summed E-state index contributed by atoms with van der Waals surface area (Å²) >= 11 is 0.896. The summed E-state index contributed by atoms with van der Waals surface area (Å²) in [5.74, 6) is 0.316. The Morgan fingerprint density at radius 3 is 2.68 bits per heavy atom. The standard InChI is InChI=1S/C12H10N2O6S2/c13-22(16,17)9-8-11(19-6-18-8)21-10(9)14-12(15)20-7-4-2-1-3-5-7/h1-5H,6H2,(H,14,15)(H2,13,16,17). The van der Waals surface area contributed by atoms with Crippen LogP contribution in [0, 0.1) is 0 Å². The summed E-state index contributed by atoms with van der Waals surface area (Å²) in [6, 6.07) is 8.32. The third kappa shape index (κ3) is 2.84. The van der Waals surface area contributed by atoms with Crippen molar-refractivity contribution in [2.45, 2.75) is 4.90 Å². The number of rotatable bonds is 3.